The molecular weight excluding hydrogens is 268 g/mol. The third-order valence-corrected chi connectivity index (χ3v) is 4.50. The Hall–Kier alpha value is -1.64. The van der Waals surface area contributed by atoms with Crippen molar-refractivity contribution in [2.45, 2.75) is 32.2 Å². The first kappa shape index (κ1) is 15.3. The molecule has 0 radical (unpaired) electrons. The van der Waals surface area contributed by atoms with Gasteiger partial charge in [-0.25, -0.2) is 0 Å². The Morgan fingerprint density at radius 3 is 2.32 bits per heavy atom. The van der Waals surface area contributed by atoms with Gasteiger partial charge in [0.1, 0.15) is 0 Å². The molecule has 22 heavy (non-hydrogen) atoms. The van der Waals surface area contributed by atoms with Crippen LogP contribution in [0, 0.1) is 0 Å². The Balaban J connectivity index is 1.69. The molecule has 1 saturated heterocycles. The minimum atomic E-state index is 0.707. The SMILES string of the molecule is NCCc1cccc(-c2ccc(CN3CCCCC3)cc2)c1. The summed E-state index contributed by atoms with van der Waals surface area (Å²) >= 11 is 0. The van der Waals surface area contributed by atoms with Gasteiger partial charge in [-0.1, -0.05) is 55.0 Å². The molecule has 0 spiro atoms. The van der Waals surface area contributed by atoms with Crippen molar-refractivity contribution >= 4 is 0 Å². The fourth-order valence-electron chi connectivity index (χ4n) is 3.25. The van der Waals surface area contributed by atoms with E-state index < -0.39 is 0 Å². The van der Waals surface area contributed by atoms with E-state index in [1.807, 2.05) is 0 Å². The van der Waals surface area contributed by atoms with E-state index in [4.69, 9.17) is 5.73 Å². The standard InChI is InChI=1S/C20H26N2/c21-12-11-17-5-4-6-20(15-17)19-9-7-18(8-10-19)16-22-13-2-1-3-14-22/h4-10,15H,1-3,11-14,16,21H2. The third kappa shape index (κ3) is 3.96. The van der Waals surface area contributed by atoms with Crippen LogP contribution < -0.4 is 5.73 Å². The van der Waals surface area contributed by atoms with Crippen LogP contribution in [0.15, 0.2) is 48.5 Å². The normalized spacial score (nSPS) is 15.9. The number of benzene rings is 2. The fourth-order valence-corrected chi connectivity index (χ4v) is 3.25. The van der Waals surface area contributed by atoms with Gasteiger partial charge < -0.3 is 5.73 Å². The monoisotopic (exact) mass is 294 g/mol. The summed E-state index contributed by atoms with van der Waals surface area (Å²) in [4.78, 5) is 2.57. The number of piperidine rings is 1. The number of rotatable bonds is 5. The molecule has 1 aliphatic heterocycles. The zero-order valence-electron chi connectivity index (χ0n) is 13.3. The predicted octanol–water partition coefficient (Wildman–Crippen LogP) is 3.84. The van der Waals surface area contributed by atoms with Crippen LogP contribution in [0.2, 0.25) is 0 Å². The topological polar surface area (TPSA) is 29.3 Å². The molecule has 0 saturated carbocycles. The van der Waals surface area contributed by atoms with Crippen molar-refractivity contribution in [1.29, 1.82) is 0 Å². The van der Waals surface area contributed by atoms with E-state index in [1.165, 1.54) is 54.6 Å². The average Bonchev–Trinajstić information content (AvgIpc) is 2.57. The molecular formula is C20H26N2. The van der Waals surface area contributed by atoms with E-state index in [1.54, 1.807) is 0 Å². The second-order valence-corrected chi connectivity index (χ2v) is 6.27. The Kier molecular flexibility index (Phi) is 5.25. The van der Waals surface area contributed by atoms with Crippen molar-refractivity contribution in [3.05, 3.63) is 59.7 Å². The van der Waals surface area contributed by atoms with Crippen LogP contribution in [0.4, 0.5) is 0 Å². The Morgan fingerprint density at radius 1 is 0.818 bits per heavy atom. The Morgan fingerprint density at radius 2 is 1.59 bits per heavy atom. The van der Waals surface area contributed by atoms with Gasteiger partial charge in [0.05, 0.1) is 0 Å². The number of nitrogens with zero attached hydrogens (tertiary/aromatic N) is 1. The van der Waals surface area contributed by atoms with Gasteiger partial charge in [0.15, 0.2) is 0 Å². The molecule has 2 N–H and O–H groups in total. The van der Waals surface area contributed by atoms with Gasteiger partial charge in [0.25, 0.3) is 0 Å². The lowest BCUT2D eigenvalue weighted by molar-refractivity contribution is 0.221. The van der Waals surface area contributed by atoms with Gasteiger partial charge in [-0.15, -0.1) is 0 Å². The van der Waals surface area contributed by atoms with Crippen molar-refractivity contribution in [2.24, 2.45) is 5.73 Å². The molecule has 0 atom stereocenters. The molecule has 0 unspecified atom stereocenters. The maximum atomic E-state index is 5.65. The van der Waals surface area contributed by atoms with Crippen LogP contribution in [0.25, 0.3) is 11.1 Å². The van der Waals surface area contributed by atoms with E-state index in [0.29, 0.717) is 6.54 Å². The van der Waals surface area contributed by atoms with Gasteiger partial charge in [0, 0.05) is 6.54 Å². The molecule has 2 nitrogen and oxygen atoms in total. The van der Waals surface area contributed by atoms with E-state index >= 15 is 0 Å². The summed E-state index contributed by atoms with van der Waals surface area (Å²) in [5.74, 6) is 0. The van der Waals surface area contributed by atoms with Crippen LogP contribution in [0.5, 0.6) is 0 Å². The second kappa shape index (κ2) is 7.57. The van der Waals surface area contributed by atoms with E-state index in [0.717, 1.165) is 13.0 Å². The number of hydrogen-bond donors (Lipinski definition) is 1. The van der Waals surface area contributed by atoms with Gasteiger partial charge in [-0.05, 0) is 61.2 Å². The molecule has 1 aliphatic rings. The maximum Gasteiger partial charge on any atom is 0.0233 e. The minimum Gasteiger partial charge on any atom is -0.330 e. The molecule has 2 aromatic rings. The second-order valence-electron chi connectivity index (χ2n) is 6.27. The fraction of sp³-hybridized carbons (Fsp3) is 0.400. The highest BCUT2D eigenvalue weighted by atomic mass is 15.1. The summed E-state index contributed by atoms with van der Waals surface area (Å²) in [5, 5.41) is 0. The first-order chi connectivity index (χ1) is 10.8. The maximum absolute atomic E-state index is 5.65. The molecule has 1 heterocycles. The highest BCUT2D eigenvalue weighted by Crippen LogP contribution is 2.22. The zero-order valence-corrected chi connectivity index (χ0v) is 13.3. The van der Waals surface area contributed by atoms with E-state index in [9.17, 15) is 0 Å². The van der Waals surface area contributed by atoms with Crippen LogP contribution in [0.3, 0.4) is 0 Å². The highest BCUT2D eigenvalue weighted by molar-refractivity contribution is 5.64. The summed E-state index contributed by atoms with van der Waals surface area (Å²) in [6.45, 7) is 4.30. The first-order valence-corrected chi connectivity index (χ1v) is 8.46. The van der Waals surface area contributed by atoms with Crippen LogP contribution in [-0.2, 0) is 13.0 Å². The Labute approximate surface area is 134 Å². The number of hydrogen-bond acceptors (Lipinski definition) is 2. The lowest BCUT2D eigenvalue weighted by atomic mass is 10.0. The van der Waals surface area contributed by atoms with Crippen molar-refractivity contribution in [1.82, 2.24) is 4.90 Å². The molecule has 1 fully saturated rings. The van der Waals surface area contributed by atoms with Crippen molar-refractivity contribution in [3.63, 3.8) is 0 Å². The molecule has 0 aliphatic carbocycles. The predicted molar refractivity (Wildman–Crippen MR) is 93.8 cm³/mol. The van der Waals surface area contributed by atoms with E-state index in [2.05, 4.69) is 53.4 Å². The summed E-state index contributed by atoms with van der Waals surface area (Å²) in [5.41, 5.74) is 11.0. The molecule has 2 heteroatoms. The lowest BCUT2D eigenvalue weighted by Crippen LogP contribution is -2.28. The largest absolute Gasteiger partial charge is 0.330 e. The molecule has 2 aromatic carbocycles. The summed E-state index contributed by atoms with van der Waals surface area (Å²) in [6, 6.07) is 17.8. The average molecular weight is 294 g/mol. The summed E-state index contributed by atoms with van der Waals surface area (Å²) in [7, 11) is 0. The summed E-state index contributed by atoms with van der Waals surface area (Å²) < 4.78 is 0. The van der Waals surface area contributed by atoms with Gasteiger partial charge in [-0.2, -0.15) is 0 Å². The molecule has 0 aromatic heterocycles. The number of nitrogens with two attached hydrogens (primary N) is 1. The van der Waals surface area contributed by atoms with Gasteiger partial charge in [0.2, 0.25) is 0 Å². The van der Waals surface area contributed by atoms with Crippen molar-refractivity contribution in [3.8, 4) is 11.1 Å². The van der Waals surface area contributed by atoms with Crippen molar-refractivity contribution < 1.29 is 0 Å². The lowest BCUT2D eigenvalue weighted by Gasteiger charge is -2.26. The van der Waals surface area contributed by atoms with Crippen LogP contribution >= 0.6 is 0 Å². The molecule has 3 rings (SSSR count). The zero-order chi connectivity index (χ0) is 15.2. The minimum absolute atomic E-state index is 0.707. The summed E-state index contributed by atoms with van der Waals surface area (Å²) in [6.07, 6.45) is 5.05. The van der Waals surface area contributed by atoms with Crippen molar-refractivity contribution in [2.75, 3.05) is 19.6 Å². The quantitative estimate of drug-likeness (QED) is 0.908. The molecule has 116 valence electrons. The number of likely N-dealkylation sites (tertiary alicyclic amines) is 1. The first-order valence-electron chi connectivity index (χ1n) is 8.46. The molecule has 0 bridgehead atoms. The third-order valence-electron chi connectivity index (χ3n) is 4.50. The molecule has 0 amide bonds. The van der Waals surface area contributed by atoms with Gasteiger partial charge in [-0.3, -0.25) is 4.90 Å². The Bertz CT molecular complexity index is 583. The van der Waals surface area contributed by atoms with Gasteiger partial charge >= 0.3 is 0 Å². The van der Waals surface area contributed by atoms with Crippen LogP contribution in [0.1, 0.15) is 30.4 Å². The highest BCUT2D eigenvalue weighted by Gasteiger charge is 2.10. The van der Waals surface area contributed by atoms with E-state index in [-0.39, 0.29) is 0 Å². The van der Waals surface area contributed by atoms with Crippen LogP contribution in [-0.4, -0.2) is 24.5 Å². The smallest absolute Gasteiger partial charge is 0.0233 e.